The smallest absolute Gasteiger partial charge is 0.318 e. The van der Waals surface area contributed by atoms with Gasteiger partial charge in [-0.3, -0.25) is 14.9 Å². The normalized spacial score (nSPS) is 15.5. The Hall–Kier alpha value is -3.45. The Bertz CT molecular complexity index is 1240. The number of barbiturate groups is 1. The number of carbonyl (C=O) groups excluding carboxylic acids is 3. The predicted octanol–water partition coefficient (Wildman–Crippen LogP) is 4.83. The van der Waals surface area contributed by atoms with E-state index in [-0.39, 0.29) is 5.57 Å². The Labute approximate surface area is 188 Å². The number of carbonyl (C=O) groups is 3. The predicted molar refractivity (Wildman–Crippen MR) is 123 cm³/mol. The van der Waals surface area contributed by atoms with Crippen molar-refractivity contribution < 1.29 is 14.4 Å². The van der Waals surface area contributed by atoms with Gasteiger partial charge in [0.05, 0.1) is 5.69 Å². The Morgan fingerprint density at radius 1 is 0.871 bits per heavy atom. The van der Waals surface area contributed by atoms with E-state index in [1.54, 1.807) is 18.2 Å². The highest BCUT2D eigenvalue weighted by atomic mass is 79.9. The number of aryl methyl sites for hydroxylation is 2. The van der Waals surface area contributed by atoms with Gasteiger partial charge in [0, 0.05) is 21.5 Å². The second-order valence-electron chi connectivity index (χ2n) is 7.43. The first-order chi connectivity index (χ1) is 14.8. The Morgan fingerprint density at radius 2 is 1.48 bits per heavy atom. The van der Waals surface area contributed by atoms with Gasteiger partial charge in [0.15, 0.2) is 0 Å². The third-order valence-electron chi connectivity index (χ3n) is 5.25. The standard InChI is InChI=1S/C24H20BrN3O3/c1-14-4-8-20(9-5-14)28-23(30)21(22(29)26-24(28)31)13-17-12-15(2)27(16(17)3)19-10-6-18(25)7-11-19/h4-13H,1-3H3,(H,26,29,31)/b21-13+. The highest BCUT2D eigenvalue weighted by Gasteiger charge is 2.37. The highest BCUT2D eigenvalue weighted by Crippen LogP contribution is 2.26. The zero-order valence-corrected chi connectivity index (χ0v) is 18.9. The molecule has 0 spiro atoms. The summed E-state index contributed by atoms with van der Waals surface area (Å²) in [5, 5.41) is 2.27. The number of anilines is 1. The molecule has 0 unspecified atom stereocenters. The fraction of sp³-hybridized carbons (Fsp3) is 0.125. The lowest BCUT2D eigenvalue weighted by molar-refractivity contribution is -0.122. The molecule has 0 radical (unpaired) electrons. The molecule has 4 amide bonds. The van der Waals surface area contributed by atoms with Crippen LogP contribution in [-0.2, 0) is 9.59 Å². The molecule has 0 bridgehead atoms. The highest BCUT2D eigenvalue weighted by molar-refractivity contribution is 9.10. The summed E-state index contributed by atoms with van der Waals surface area (Å²) in [4.78, 5) is 39.0. The number of urea groups is 1. The number of aromatic nitrogens is 1. The molecule has 0 atom stereocenters. The topological polar surface area (TPSA) is 71.4 Å². The van der Waals surface area contributed by atoms with E-state index in [0.29, 0.717) is 5.69 Å². The van der Waals surface area contributed by atoms with Crippen molar-refractivity contribution in [2.75, 3.05) is 4.90 Å². The van der Waals surface area contributed by atoms with Crippen molar-refractivity contribution in [1.82, 2.24) is 9.88 Å². The molecule has 2 heterocycles. The lowest BCUT2D eigenvalue weighted by atomic mass is 10.1. The summed E-state index contributed by atoms with van der Waals surface area (Å²) in [5.41, 5.74) is 4.87. The molecule has 1 fully saturated rings. The van der Waals surface area contributed by atoms with Crippen molar-refractivity contribution in [3.8, 4) is 5.69 Å². The summed E-state index contributed by atoms with van der Waals surface area (Å²) in [6.45, 7) is 5.80. The number of hydrogen-bond donors (Lipinski definition) is 1. The van der Waals surface area contributed by atoms with Crippen LogP contribution in [0.5, 0.6) is 0 Å². The molecule has 0 aliphatic carbocycles. The van der Waals surface area contributed by atoms with E-state index in [0.717, 1.165) is 37.6 Å². The zero-order chi connectivity index (χ0) is 22.3. The monoisotopic (exact) mass is 477 g/mol. The van der Waals surface area contributed by atoms with Crippen molar-refractivity contribution >= 4 is 45.5 Å². The molecule has 6 nitrogen and oxygen atoms in total. The molecule has 4 rings (SSSR count). The third-order valence-corrected chi connectivity index (χ3v) is 5.78. The van der Waals surface area contributed by atoms with Gasteiger partial charge >= 0.3 is 6.03 Å². The van der Waals surface area contributed by atoms with Gasteiger partial charge in [0.1, 0.15) is 5.57 Å². The maximum atomic E-state index is 13.1. The summed E-state index contributed by atoms with van der Waals surface area (Å²) in [5.74, 6) is -1.35. The van der Waals surface area contributed by atoms with E-state index in [1.165, 1.54) is 0 Å². The molecule has 1 aromatic heterocycles. The summed E-state index contributed by atoms with van der Waals surface area (Å²) >= 11 is 3.44. The number of nitrogens with zero attached hydrogens (tertiary/aromatic N) is 2. The first-order valence-electron chi connectivity index (χ1n) is 9.69. The van der Waals surface area contributed by atoms with Crippen LogP contribution < -0.4 is 10.2 Å². The molecule has 0 saturated carbocycles. The fourth-order valence-electron chi connectivity index (χ4n) is 3.66. The second-order valence-corrected chi connectivity index (χ2v) is 8.35. The van der Waals surface area contributed by atoms with Crippen LogP contribution in [0.1, 0.15) is 22.5 Å². The Balaban J connectivity index is 1.75. The van der Waals surface area contributed by atoms with Gasteiger partial charge in [0.25, 0.3) is 11.8 Å². The quantitative estimate of drug-likeness (QED) is 0.433. The maximum absolute atomic E-state index is 13.1. The average molecular weight is 478 g/mol. The number of rotatable bonds is 3. The minimum atomic E-state index is -0.753. The zero-order valence-electron chi connectivity index (χ0n) is 17.3. The van der Waals surface area contributed by atoms with Gasteiger partial charge in [-0.2, -0.15) is 0 Å². The maximum Gasteiger partial charge on any atom is 0.335 e. The SMILES string of the molecule is Cc1ccc(N2C(=O)NC(=O)/C(=C\c3cc(C)n(-c4ccc(Br)cc4)c3C)C2=O)cc1. The minimum absolute atomic E-state index is 0.0868. The Kier molecular flexibility index (Phi) is 5.37. The molecule has 2 aromatic carbocycles. The van der Waals surface area contributed by atoms with Crippen LogP contribution >= 0.6 is 15.9 Å². The number of amides is 4. The van der Waals surface area contributed by atoms with Crippen LogP contribution in [0.2, 0.25) is 0 Å². The summed E-state index contributed by atoms with van der Waals surface area (Å²) < 4.78 is 3.03. The molecular formula is C24H20BrN3O3. The lowest BCUT2D eigenvalue weighted by Crippen LogP contribution is -2.54. The lowest BCUT2D eigenvalue weighted by Gasteiger charge is -2.26. The van der Waals surface area contributed by atoms with Crippen molar-refractivity contribution in [3.05, 3.63) is 87.2 Å². The van der Waals surface area contributed by atoms with Gasteiger partial charge in [-0.15, -0.1) is 0 Å². The van der Waals surface area contributed by atoms with Crippen LogP contribution in [0.3, 0.4) is 0 Å². The van der Waals surface area contributed by atoms with Gasteiger partial charge in [0.2, 0.25) is 0 Å². The molecule has 1 saturated heterocycles. The Morgan fingerprint density at radius 3 is 2.13 bits per heavy atom. The van der Waals surface area contributed by atoms with E-state index in [2.05, 4.69) is 21.2 Å². The summed E-state index contributed by atoms with van der Waals surface area (Å²) in [6.07, 6.45) is 1.54. The molecule has 31 heavy (non-hydrogen) atoms. The van der Waals surface area contributed by atoms with Gasteiger partial charge < -0.3 is 4.57 Å². The molecule has 156 valence electrons. The first-order valence-corrected chi connectivity index (χ1v) is 10.5. The van der Waals surface area contributed by atoms with Gasteiger partial charge in [-0.25, -0.2) is 9.69 Å². The molecular weight excluding hydrogens is 458 g/mol. The van der Waals surface area contributed by atoms with E-state index in [9.17, 15) is 14.4 Å². The van der Waals surface area contributed by atoms with Crippen LogP contribution in [0, 0.1) is 20.8 Å². The van der Waals surface area contributed by atoms with Crippen molar-refractivity contribution in [2.45, 2.75) is 20.8 Å². The van der Waals surface area contributed by atoms with Crippen LogP contribution in [0.15, 0.2) is 64.6 Å². The van der Waals surface area contributed by atoms with E-state index >= 15 is 0 Å². The van der Waals surface area contributed by atoms with E-state index in [1.807, 2.05) is 67.8 Å². The van der Waals surface area contributed by atoms with Crippen LogP contribution in [0.25, 0.3) is 11.8 Å². The van der Waals surface area contributed by atoms with Crippen LogP contribution in [0.4, 0.5) is 10.5 Å². The van der Waals surface area contributed by atoms with Crippen LogP contribution in [-0.4, -0.2) is 22.4 Å². The first kappa shape index (κ1) is 20.8. The van der Waals surface area contributed by atoms with Gasteiger partial charge in [-0.05, 0) is 74.9 Å². The molecule has 3 aromatic rings. The van der Waals surface area contributed by atoms with Crippen molar-refractivity contribution in [1.29, 1.82) is 0 Å². The second kappa shape index (κ2) is 8.00. The fourth-order valence-corrected chi connectivity index (χ4v) is 3.93. The average Bonchev–Trinajstić information content (AvgIpc) is 3.00. The summed E-state index contributed by atoms with van der Waals surface area (Å²) in [6, 6.07) is 16.0. The van der Waals surface area contributed by atoms with E-state index < -0.39 is 17.8 Å². The number of nitrogens with one attached hydrogen (secondary N) is 1. The number of benzene rings is 2. The largest absolute Gasteiger partial charge is 0.335 e. The number of imide groups is 2. The summed E-state index contributed by atoms with van der Waals surface area (Å²) in [7, 11) is 0. The van der Waals surface area contributed by atoms with Crippen molar-refractivity contribution in [2.24, 2.45) is 0 Å². The molecule has 1 N–H and O–H groups in total. The van der Waals surface area contributed by atoms with E-state index in [4.69, 9.17) is 0 Å². The van der Waals surface area contributed by atoms with Gasteiger partial charge in [-0.1, -0.05) is 33.6 Å². The minimum Gasteiger partial charge on any atom is -0.318 e. The number of halogens is 1. The molecule has 7 heteroatoms. The third kappa shape index (κ3) is 3.84. The van der Waals surface area contributed by atoms with Crippen molar-refractivity contribution in [3.63, 3.8) is 0 Å². The molecule has 1 aliphatic rings. The number of hydrogen-bond acceptors (Lipinski definition) is 3. The molecule has 1 aliphatic heterocycles.